The van der Waals surface area contributed by atoms with Gasteiger partial charge in [-0.2, -0.15) is 4.72 Å². The number of hydrogen-bond acceptors (Lipinski definition) is 5. The molecule has 1 saturated heterocycles. The average Bonchev–Trinajstić information content (AvgIpc) is 2.91. The SMILES string of the molecule is CN1CCC(NS(=O)(=O)c2ccsc2C(=O)O)C1=O. The molecule has 1 aliphatic heterocycles. The van der Waals surface area contributed by atoms with Crippen LogP contribution in [0.3, 0.4) is 0 Å². The molecule has 0 aromatic carbocycles. The van der Waals surface area contributed by atoms with E-state index >= 15 is 0 Å². The normalized spacial score (nSPS) is 19.9. The third kappa shape index (κ3) is 2.62. The van der Waals surface area contributed by atoms with E-state index in [1.165, 1.54) is 16.3 Å². The van der Waals surface area contributed by atoms with Crippen LogP contribution in [0.15, 0.2) is 16.3 Å². The van der Waals surface area contributed by atoms with Crippen molar-refractivity contribution in [3.63, 3.8) is 0 Å². The van der Waals surface area contributed by atoms with Gasteiger partial charge in [-0.15, -0.1) is 11.3 Å². The number of rotatable bonds is 4. The highest BCUT2D eigenvalue weighted by Gasteiger charge is 2.34. The zero-order valence-electron chi connectivity index (χ0n) is 9.99. The fourth-order valence-corrected chi connectivity index (χ4v) is 4.33. The van der Waals surface area contributed by atoms with Gasteiger partial charge >= 0.3 is 5.97 Å². The zero-order valence-corrected chi connectivity index (χ0v) is 11.6. The molecule has 0 spiro atoms. The van der Waals surface area contributed by atoms with Crippen molar-refractivity contribution in [2.75, 3.05) is 13.6 Å². The maximum absolute atomic E-state index is 12.1. The molecule has 1 aliphatic rings. The number of aromatic carboxylic acids is 1. The Morgan fingerprint density at radius 2 is 2.26 bits per heavy atom. The van der Waals surface area contributed by atoms with Crippen molar-refractivity contribution in [1.82, 2.24) is 9.62 Å². The van der Waals surface area contributed by atoms with E-state index in [0.29, 0.717) is 13.0 Å². The molecule has 0 bridgehead atoms. The quantitative estimate of drug-likeness (QED) is 0.812. The summed E-state index contributed by atoms with van der Waals surface area (Å²) in [6, 6.07) is 0.399. The Kier molecular flexibility index (Phi) is 3.61. The van der Waals surface area contributed by atoms with Crippen molar-refractivity contribution in [2.24, 2.45) is 0 Å². The van der Waals surface area contributed by atoms with Gasteiger partial charge in [0.1, 0.15) is 15.8 Å². The van der Waals surface area contributed by atoms with Crippen LogP contribution in [-0.2, 0) is 14.8 Å². The molecular formula is C10H12N2O5S2. The van der Waals surface area contributed by atoms with Gasteiger partial charge in [-0.3, -0.25) is 4.79 Å². The first-order valence-electron chi connectivity index (χ1n) is 5.41. The predicted octanol–water partition coefficient (Wildman–Crippen LogP) is -0.0447. The number of likely N-dealkylation sites (tertiary alicyclic amines) is 1. The molecule has 1 fully saturated rings. The second-order valence-electron chi connectivity index (χ2n) is 4.14. The van der Waals surface area contributed by atoms with Crippen LogP contribution < -0.4 is 4.72 Å². The number of nitrogens with zero attached hydrogens (tertiary/aromatic N) is 1. The van der Waals surface area contributed by atoms with E-state index in [2.05, 4.69) is 4.72 Å². The summed E-state index contributed by atoms with van der Waals surface area (Å²) in [5.41, 5.74) is 0. The Hall–Kier alpha value is -1.45. The monoisotopic (exact) mass is 304 g/mol. The Balaban J connectivity index is 2.26. The number of nitrogens with one attached hydrogen (secondary N) is 1. The lowest BCUT2D eigenvalue weighted by Gasteiger charge is -2.12. The first-order valence-corrected chi connectivity index (χ1v) is 7.77. The van der Waals surface area contributed by atoms with Gasteiger partial charge in [0.25, 0.3) is 0 Å². The standard InChI is InChI=1S/C10H12N2O5S2/c1-12-4-2-6(9(12)13)11-19(16,17)7-3-5-18-8(7)10(14)15/h3,5-6,11H,2,4H2,1H3,(H,14,15). The third-order valence-electron chi connectivity index (χ3n) is 2.84. The average molecular weight is 304 g/mol. The number of likely N-dealkylation sites (N-methyl/N-ethyl adjacent to an activating group) is 1. The van der Waals surface area contributed by atoms with E-state index in [1.54, 1.807) is 7.05 Å². The highest BCUT2D eigenvalue weighted by atomic mass is 32.2. The maximum Gasteiger partial charge on any atom is 0.347 e. The highest BCUT2D eigenvalue weighted by molar-refractivity contribution is 7.89. The molecule has 1 aromatic heterocycles. The Labute approximate surface area is 113 Å². The van der Waals surface area contributed by atoms with Gasteiger partial charge in [-0.25, -0.2) is 13.2 Å². The van der Waals surface area contributed by atoms with Crippen molar-refractivity contribution >= 4 is 33.2 Å². The van der Waals surface area contributed by atoms with E-state index in [9.17, 15) is 18.0 Å². The molecule has 1 aromatic rings. The summed E-state index contributed by atoms with van der Waals surface area (Å²) in [6.07, 6.45) is 0.376. The second kappa shape index (κ2) is 4.91. The number of sulfonamides is 1. The molecule has 0 saturated carbocycles. The van der Waals surface area contributed by atoms with Gasteiger partial charge in [0.2, 0.25) is 15.9 Å². The minimum Gasteiger partial charge on any atom is -0.477 e. The third-order valence-corrected chi connectivity index (χ3v) is 5.38. The summed E-state index contributed by atoms with van der Waals surface area (Å²) in [5, 5.41) is 10.3. The smallest absolute Gasteiger partial charge is 0.347 e. The van der Waals surface area contributed by atoms with Crippen molar-refractivity contribution < 1.29 is 23.1 Å². The molecule has 1 atom stereocenters. The van der Waals surface area contributed by atoms with Crippen LogP contribution >= 0.6 is 11.3 Å². The summed E-state index contributed by atoms with van der Waals surface area (Å²) in [4.78, 5) is 23.5. The first kappa shape index (κ1) is 14.0. The van der Waals surface area contributed by atoms with Gasteiger partial charge in [0.15, 0.2) is 0 Å². The number of amides is 1. The molecule has 7 nitrogen and oxygen atoms in total. The summed E-state index contributed by atoms with van der Waals surface area (Å²) < 4.78 is 26.4. The molecular weight excluding hydrogens is 292 g/mol. The first-order chi connectivity index (χ1) is 8.83. The maximum atomic E-state index is 12.1. The molecule has 0 aliphatic carbocycles. The topological polar surface area (TPSA) is 104 Å². The molecule has 2 heterocycles. The van der Waals surface area contributed by atoms with Crippen LogP contribution in [-0.4, -0.2) is 49.9 Å². The summed E-state index contributed by atoms with van der Waals surface area (Å²) in [6.45, 7) is 0.474. The fourth-order valence-electron chi connectivity index (χ4n) is 1.85. The number of carboxylic acid groups (broad SMARTS) is 1. The number of carboxylic acids is 1. The van der Waals surface area contributed by atoms with E-state index < -0.39 is 22.0 Å². The van der Waals surface area contributed by atoms with Crippen LogP contribution in [0.2, 0.25) is 0 Å². The van der Waals surface area contributed by atoms with Gasteiger partial charge < -0.3 is 10.0 Å². The molecule has 1 amide bonds. The van der Waals surface area contributed by atoms with Crippen molar-refractivity contribution in [3.05, 3.63) is 16.3 Å². The summed E-state index contributed by atoms with van der Waals surface area (Å²) in [7, 11) is -2.41. The van der Waals surface area contributed by atoms with E-state index in [1.807, 2.05) is 0 Å². The van der Waals surface area contributed by atoms with Crippen LogP contribution in [0.25, 0.3) is 0 Å². The highest BCUT2D eigenvalue weighted by Crippen LogP contribution is 2.23. The Morgan fingerprint density at radius 1 is 1.58 bits per heavy atom. The summed E-state index contributed by atoms with van der Waals surface area (Å²) in [5.74, 6) is -1.61. The predicted molar refractivity (Wildman–Crippen MR) is 67.6 cm³/mol. The molecule has 0 radical (unpaired) electrons. The van der Waals surface area contributed by atoms with Gasteiger partial charge in [-0.05, 0) is 17.9 Å². The Bertz CT molecular complexity index is 622. The van der Waals surface area contributed by atoms with Crippen LogP contribution in [0.1, 0.15) is 16.1 Å². The van der Waals surface area contributed by atoms with Gasteiger partial charge in [-0.1, -0.05) is 0 Å². The van der Waals surface area contributed by atoms with Crippen LogP contribution in [0, 0.1) is 0 Å². The Morgan fingerprint density at radius 3 is 2.79 bits per heavy atom. The molecule has 2 rings (SSSR count). The minimum atomic E-state index is -4.00. The molecule has 104 valence electrons. The number of carbonyl (C=O) groups is 2. The van der Waals surface area contributed by atoms with Crippen LogP contribution in [0.4, 0.5) is 0 Å². The summed E-state index contributed by atoms with van der Waals surface area (Å²) >= 11 is 0.830. The number of thiophene rings is 1. The van der Waals surface area contributed by atoms with Gasteiger partial charge in [0.05, 0.1) is 0 Å². The molecule has 1 unspecified atom stereocenters. The number of hydrogen-bond donors (Lipinski definition) is 2. The fraction of sp³-hybridized carbons (Fsp3) is 0.400. The van der Waals surface area contributed by atoms with Gasteiger partial charge in [0, 0.05) is 13.6 Å². The molecule has 19 heavy (non-hydrogen) atoms. The van der Waals surface area contributed by atoms with Crippen molar-refractivity contribution in [2.45, 2.75) is 17.4 Å². The van der Waals surface area contributed by atoms with Crippen molar-refractivity contribution in [3.8, 4) is 0 Å². The molecule has 2 N–H and O–H groups in total. The minimum absolute atomic E-state index is 0.258. The molecule has 9 heteroatoms. The lowest BCUT2D eigenvalue weighted by molar-refractivity contribution is -0.127. The van der Waals surface area contributed by atoms with E-state index in [0.717, 1.165) is 11.3 Å². The van der Waals surface area contributed by atoms with E-state index in [-0.39, 0.29) is 15.7 Å². The lowest BCUT2D eigenvalue weighted by atomic mass is 10.3. The van der Waals surface area contributed by atoms with Crippen LogP contribution in [0.5, 0.6) is 0 Å². The zero-order chi connectivity index (χ0) is 14.2. The number of carbonyl (C=O) groups excluding carboxylic acids is 1. The van der Waals surface area contributed by atoms with E-state index in [4.69, 9.17) is 5.11 Å². The largest absolute Gasteiger partial charge is 0.477 e. The van der Waals surface area contributed by atoms with Crippen molar-refractivity contribution in [1.29, 1.82) is 0 Å². The second-order valence-corrected chi connectivity index (χ2v) is 6.74. The lowest BCUT2D eigenvalue weighted by Crippen LogP contribution is -2.40.